The topological polar surface area (TPSA) is 56.3 Å². The first-order valence-electron chi connectivity index (χ1n) is 5.98. The average molecular weight is 279 g/mol. The van der Waals surface area contributed by atoms with Gasteiger partial charge in [-0.05, 0) is 31.5 Å². The number of amides is 1. The Morgan fingerprint density at radius 3 is 2.74 bits per heavy atom. The number of aryl methyl sites for hydroxylation is 1. The van der Waals surface area contributed by atoms with Gasteiger partial charge in [-0.15, -0.1) is 0 Å². The minimum atomic E-state index is -0.178. The van der Waals surface area contributed by atoms with E-state index in [-0.39, 0.29) is 11.7 Å². The van der Waals surface area contributed by atoms with E-state index in [1.807, 2.05) is 13.8 Å². The molecule has 2 rings (SSSR count). The van der Waals surface area contributed by atoms with Crippen molar-refractivity contribution < 1.29 is 9.90 Å². The maximum atomic E-state index is 12.4. The van der Waals surface area contributed by atoms with Crippen molar-refractivity contribution in [2.45, 2.75) is 13.8 Å². The van der Waals surface area contributed by atoms with Gasteiger partial charge in [0.05, 0.1) is 10.7 Å². The van der Waals surface area contributed by atoms with E-state index in [1.54, 1.807) is 35.4 Å². The highest BCUT2D eigenvalue weighted by Crippen LogP contribution is 2.26. The number of halogens is 1. The number of phenols is 1. The molecule has 0 saturated carbocycles. The zero-order chi connectivity index (χ0) is 14.0. The third kappa shape index (κ3) is 2.74. The number of aromatic hydroxyl groups is 1. The number of benzene rings is 1. The molecule has 1 aromatic heterocycles. The summed E-state index contributed by atoms with van der Waals surface area (Å²) in [5.74, 6) is -0.0422. The Morgan fingerprint density at radius 2 is 2.16 bits per heavy atom. The van der Waals surface area contributed by atoms with Gasteiger partial charge in [0.1, 0.15) is 11.4 Å². The van der Waals surface area contributed by atoms with Crippen LogP contribution in [0.4, 0.5) is 5.69 Å². The van der Waals surface area contributed by atoms with Crippen LogP contribution in [0.2, 0.25) is 5.02 Å². The fourth-order valence-corrected chi connectivity index (χ4v) is 2.11. The molecule has 0 spiro atoms. The zero-order valence-electron chi connectivity index (χ0n) is 10.8. The molecule has 0 atom stereocenters. The van der Waals surface area contributed by atoms with Gasteiger partial charge in [0.15, 0.2) is 0 Å². The maximum absolute atomic E-state index is 12.4. The van der Waals surface area contributed by atoms with E-state index in [1.165, 1.54) is 0 Å². The number of aromatic amines is 1. The molecule has 19 heavy (non-hydrogen) atoms. The van der Waals surface area contributed by atoms with Crippen LogP contribution >= 0.6 is 11.6 Å². The summed E-state index contributed by atoms with van der Waals surface area (Å²) in [6.45, 7) is 4.28. The Kier molecular flexibility index (Phi) is 3.81. The van der Waals surface area contributed by atoms with Gasteiger partial charge in [0, 0.05) is 18.8 Å². The summed E-state index contributed by atoms with van der Waals surface area (Å²) in [6.07, 6.45) is 1.57. The Balaban J connectivity index is 2.39. The second-order valence-corrected chi connectivity index (χ2v) is 4.69. The summed E-state index contributed by atoms with van der Waals surface area (Å²) < 4.78 is 0. The number of H-pyrrole nitrogens is 1. The van der Waals surface area contributed by atoms with Crippen molar-refractivity contribution >= 4 is 23.2 Å². The van der Waals surface area contributed by atoms with Gasteiger partial charge in [0.25, 0.3) is 5.91 Å². The predicted octanol–water partition coefficient (Wildman–Crippen LogP) is 3.35. The Morgan fingerprint density at radius 1 is 1.42 bits per heavy atom. The van der Waals surface area contributed by atoms with Crippen LogP contribution in [0.1, 0.15) is 23.0 Å². The number of nitrogens with zero attached hydrogens (tertiary/aromatic N) is 1. The molecule has 0 saturated heterocycles. The number of aromatic nitrogens is 1. The number of anilines is 1. The summed E-state index contributed by atoms with van der Waals surface area (Å²) in [5.41, 5.74) is 2.04. The molecule has 0 fully saturated rings. The van der Waals surface area contributed by atoms with Crippen LogP contribution in [0.25, 0.3) is 0 Å². The highest BCUT2D eigenvalue weighted by atomic mass is 35.5. The lowest BCUT2D eigenvalue weighted by Crippen LogP contribution is -2.31. The van der Waals surface area contributed by atoms with E-state index in [0.29, 0.717) is 22.9 Å². The first-order valence-corrected chi connectivity index (χ1v) is 6.36. The van der Waals surface area contributed by atoms with Crippen molar-refractivity contribution in [2.75, 3.05) is 11.4 Å². The Labute approximate surface area is 116 Å². The van der Waals surface area contributed by atoms with Crippen LogP contribution in [-0.4, -0.2) is 22.5 Å². The third-order valence-electron chi connectivity index (χ3n) is 2.92. The molecule has 0 aliphatic carbocycles. The van der Waals surface area contributed by atoms with Gasteiger partial charge in [-0.3, -0.25) is 4.79 Å². The molecule has 0 bridgehead atoms. The first kappa shape index (κ1) is 13.5. The molecule has 0 unspecified atom stereocenters. The number of carbonyl (C=O) groups is 1. The third-order valence-corrected chi connectivity index (χ3v) is 3.14. The van der Waals surface area contributed by atoms with Gasteiger partial charge in [-0.1, -0.05) is 17.7 Å². The summed E-state index contributed by atoms with van der Waals surface area (Å²) in [6, 6.07) is 6.55. The summed E-state index contributed by atoms with van der Waals surface area (Å²) >= 11 is 5.81. The van der Waals surface area contributed by atoms with E-state index in [9.17, 15) is 9.90 Å². The Hall–Kier alpha value is -1.94. The number of phenolic OH excluding ortho intramolecular Hbond substituents is 1. The summed E-state index contributed by atoms with van der Waals surface area (Å²) in [4.78, 5) is 16.8. The molecule has 1 heterocycles. The lowest BCUT2D eigenvalue weighted by molar-refractivity contribution is 0.0984. The average Bonchev–Trinajstić information content (AvgIpc) is 2.81. The van der Waals surface area contributed by atoms with Crippen LogP contribution in [0.15, 0.2) is 30.5 Å². The molecule has 0 aliphatic rings. The molecule has 0 radical (unpaired) electrons. The van der Waals surface area contributed by atoms with Gasteiger partial charge in [0.2, 0.25) is 0 Å². The molecule has 1 amide bonds. The van der Waals surface area contributed by atoms with Crippen molar-refractivity contribution in [3.8, 4) is 5.75 Å². The van der Waals surface area contributed by atoms with Gasteiger partial charge < -0.3 is 15.0 Å². The largest absolute Gasteiger partial charge is 0.508 e. The van der Waals surface area contributed by atoms with Gasteiger partial charge in [-0.2, -0.15) is 0 Å². The molecular formula is C14H15ClN2O2. The summed E-state index contributed by atoms with van der Waals surface area (Å²) in [7, 11) is 0. The number of rotatable bonds is 3. The minimum Gasteiger partial charge on any atom is -0.508 e. The van der Waals surface area contributed by atoms with Gasteiger partial charge >= 0.3 is 0 Å². The normalized spacial score (nSPS) is 10.5. The fraction of sp³-hybridized carbons (Fsp3) is 0.214. The number of hydrogen-bond acceptors (Lipinski definition) is 2. The number of nitrogens with one attached hydrogen (secondary N) is 1. The lowest BCUT2D eigenvalue weighted by atomic mass is 10.1. The molecule has 5 heteroatoms. The van der Waals surface area contributed by atoms with Crippen molar-refractivity contribution in [1.29, 1.82) is 0 Å². The Bertz CT molecular complexity index is 607. The SMILES string of the molecule is CCN(C(=O)c1cc(Cl)c[nH]1)c1cc(O)ccc1C. The molecule has 100 valence electrons. The van der Waals surface area contributed by atoms with Crippen LogP contribution in [0.5, 0.6) is 5.75 Å². The van der Waals surface area contributed by atoms with E-state index in [2.05, 4.69) is 4.98 Å². The molecular weight excluding hydrogens is 264 g/mol. The molecule has 2 N–H and O–H groups in total. The summed E-state index contributed by atoms with van der Waals surface area (Å²) in [5, 5.41) is 10.1. The van der Waals surface area contributed by atoms with Crippen LogP contribution in [0, 0.1) is 6.92 Å². The molecule has 2 aromatic rings. The smallest absolute Gasteiger partial charge is 0.274 e. The molecule has 0 aliphatic heterocycles. The van der Waals surface area contributed by atoms with Crippen molar-refractivity contribution in [2.24, 2.45) is 0 Å². The van der Waals surface area contributed by atoms with Crippen molar-refractivity contribution in [3.63, 3.8) is 0 Å². The molecule has 1 aromatic carbocycles. The maximum Gasteiger partial charge on any atom is 0.274 e. The van der Waals surface area contributed by atoms with Gasteiger partial charge in [-0.25, -0.2) is 0 Å². The first-order chi connectivity index (χ1) is 9.02. The number of hydrogen-bond donors (Lipinski definition) is 2. The van der Waals surface area contributed by atoms with Crippen molar-refractivity contribution in [1.82, 2.24) is 4.98 Å². The fourth-order valence-electron chi connectivity index (χ4n) is 1.95. The predicted molar refractivity (Wildman–Crippen MR) is 76.0 cm³/mol. The van der Waals surface area contributed by atoms with Crippen LogP contribution < -0.4 is 4.90 Å². The highest BCUT2D eigenvalue weighted by Gasteiger charge is 2.19. The molecule has 4 nitrogen and oxygen atoms in total. The highest BCUT2D eigenvalue weighted by molar-refractivity contribution is 6.31. The van der Waals surface area contributed by atoms with Crippen LogP contribution in [-0.2, 0) is 0 Å². The number of carbonyl (C=O) groups excluding carboxylic acids is 1. The standard InChI is InChI=1S/C14H15ClN2O2/c1-3-17(13-7-11(18)5-4-9(13)2)14(19)12-6-10(15)8-16-12/h4-8,16,18H,3H2,1-2H3. The van der Waals surface area contributed by atoms with E-state index < -0.39 is 0 Å². The second-order valence-electron chi connectivity index (χ2n) is 4.25. The zero-order valence-corrected chi connectivity index (χ0v) is 11.5. The van der Waals surface area contributed by atoms with E-state index in [4.69, 9.17) is 11.6 Å². The minimum absolute atomic E-state index is 0.136. The monoisotopic (exact) mass is 278 g/mol. The van der Waals surface area contributed by atoms with Crippen LogP contribution in [0.3, 0.4) is 0 Å². The quantitative estimate of drug-likeness (QED) is 0.905. The van der Waals surface area contributed by atoms with E-state index in [0.717, 1.165) is 5.56 Å². The van der Waals surface area contributed by atoms with E-state index >= 15 is 0 Å². The lowest BCUT2D eigenvalue weighted by Gasteiger charge is -2.22. The second kappa shape index (κ2) is 5.36. The van der Waals surface area contributed by atoms with Crippen molar-refractivity contribution in [3.05, 3.63) is 46.7 Å².